The highest BCUT2D eigenvalue weighted by molar-refractivity contribution is 5.99. The largest absolute Gasteiger partial charge is 0.352 e. The van der Waals surface area contributed by atoms with Crippen LogP contribution in [-0.2, 0) is 24.3 Å². The number of benzene rings is 2. The van der Waals surface area contributed by atoms with Crippen LogP contribution in [0.5, 0.6) is 0 Å². The molecule has 1 aliphatic rings. The van der Waals surface area contributed by atoms with Crippen LogP contribution in [0.25, 0.3) is 11.1 Å². The zero-order chi connectivity index (χ0) is 20.2. The molecule has 0 spiro atoms. The lowest BCUT2D eigenvalue weighted by atomic mass is 9.98. The molecule has 146 valence electrons. The van der Waals surface area contributed by atoms with Crippen LogP contribution in [0.15, 0.2) is 66.9 Å². The van der Waals surface area contributed by atoms with Crippen molar-refractivity contribution in [3.8, 4) is 11.1 Å². The molecule has 0 fully saturated rings. The molecule has 2 amide bonds. The second kappa shape index (κ2) is 8.27. The van der Waals surface area contributed by atoms with E-state index >= 15 is 0 Å². The Bertz CT molecular complexity index is 1060. The van der Waals surface area contributed by atoms with Crippen molar-refractivity contribution in [1.82, 2.24) is 15.2 Å². The molecule has 29 heavy (non-hydrogen) atoms. The van der Waals surface area contributed by atoms with Gasteiger partial charge in [-0.1, -0.05) is 48.5 Å². The number of nitrogens with one attached hydrogen (secondary N) is 1. The molecule has 1 N–H and O–H groups in total. The molecule has 0 saturated carbocycles. The summed E-state index contributed by atoms with van der Waals surface area (Å²) in [7, 11) is 0. The molecule has 0 saturated heterocycles. The minimum Gasteiger partial charge on any atom is -0.352 e. The summed E-state index contributed by atoms with van der Waals surface area (Å²) < 4.78 is 0. The number of aromatic nitrogens is 1. The monoisotopic (exact) mass is 385 g/mol. The first-order chi connectivity index (χ1) is 14.1. The van der Waals surface area contributed by atoms with Crippen molar-refractivity contribution in [2.45, 2.75) is 26.4 Å². The number of fused-ring (bicyclic) bond motifs is 1. The van der Waals surface area contributed by atoms with Crippen LogP contribution in [0, 0.1) is 0 Å². The highest BCUT2D eigenvalue weighted by Gasteiger charge is 2.24. The summed E-state index contributed by atoms with van der Waals surface area (Å²) in [6.45, 7) is 3.25. The summed E-state index contributed by atoms with van der Waals surface area (Å²) in [6, 6.07) is 19.9. The zero-order valence-electron chi connectivity index (χ0n) is 16.4. The van der Waals surface area contributed by atoms with Gasteiger partial charge in [0.25, 0.3) is 5.91 Å². The van der Waals surface area contributed by atoms with Crippen molar-refractivity contribution in [3.05, 3.63) is 89.2 Å². The number of rotatable bonds is 4. The fourth-order valence-corrected chi connectivity index (χ4v) is 3.70. The Kier molecular flexibility index (Phi) is 5.38. The maximum atomic E-state index is 13.3. The Morgan fingerprint density at radius 1 is 1.03 bits per heavy atom. The number of carbonyl (C=O) groups excluding carboxylic acids is 2. The molecule has 4 rings (SSSR count). The summed E-state index contributed by atoms with van der Waals surface area (Å²) in [6.07, 6.45) is 2.52. The molecule has 1 aliphatic heterocycles. The predicted octanol–water partition coefficient (Wildman–Crippen LogP) is 3.58. The van der Waals surface area contributed by atoms with E-state index in [-0.39, 0.29) is 11.8 Å². The first-order valence-corrected chi connectivity index (χ1v) is 9.76. The van der Waals surface area contributed by atoms with Gasteiger partial charge in [-0.2, -0.15) is 0 Å². The Balaban J connectivity index is 1.61. The highest BCUT2D eigenvalue weighted by Crippen LogP contribution is 2.26. The summed E-state index contributed by atoms with van der Waals surface area (Å²) >= 11 is 0. The standard InChI is InChI=1S/C24H23N3O2/c1-17(28)26-15-18-6-4-9-20(14-18)22-10-5-12-25-23(22)24(29)27-13-11-19-7-2-3-8-21(19)16-27/h2-10,12,14H,11,13,15-16H2,1H3,(H,26,28). The van der Waals surface area contributed by atoms with Crippen LogP contribution >= 0.6 is 0 Å². The molecule has 5 heteroatoms. The minimum atomic E-state index is -0.0713. The number of amides is 2. The van der Waals surface area contributed by atoms with Crippen molar-refractivity contribution in [1.29, 1.82) is 0 Å². The van der Waals surface area contributed by atoms with Crippen LogP contribution in [0.2, 0.25) is 0 Å². The average Bonchev–Trinajstić information content (AvgIpc) is 2.77. The van der Waals surface area contributed by atoms with Gasteiger partial charge in [-0.15, -0.1) is 0 Å². The molecule has 0 radical (unpaired) electrons. The van der Waals surface area contributed by atoms with E-state index < -0.39 is 0 Å². The lowest BCUT2D eigenvalue weighted by Crippen LogP contribution is -2.36. The lowest BCUT2D eigenvalue weighted by molar-refractivity contribution is -0.119. The van der Waals surface area contributed by atoms with Crippen LogP contribution in [0.3, 0.4) is 0 Å². The van der Waals surface area contributed by atoms with E-state index in [9.17, 15) is 9.59 Å². The third kappa shape index (κ3) is 4.19. The van der Waals surface area contributed by atoms with Crippen LogP contribution in [0.4, 0.5) is 0 Å². The predicted molar refractivity (Wildman–Crippen MR) is 112 cm³/mol. The van der Waals surface area contributed by atoms with Crippen molar-refractivity contribution in [2.75, 3.05) is 6.54 Å². The maximum absolute atomic E-state index is 13.3. The summed E-state index contributed by atoms with van der Waals surface area (Å²) in [5, 5.41) is 2.81. The number of hydrogen-bond donors (Lipinski definition) is 1. The Morgan fingerprint density at radius 3 is 2.69 bits per heavy atom. The Labute approximate surface area is 170 Å². The summed E-state index contributed by atoms with van der Waals surface area (Å²) in [4.78, 5) is 30.8. The van der Waals surface area contributed by atoms with Gasteiger partial charge in [-0.25, -0.2) is 0 Å². The summed E-state index contributed by atoms with van der Waals surface area (Å²) in [5.41, 5.74) is 5.67. The third-order valence-electron chi connectivity index (χ3n) is 5.21. The molecule has 2 aromatic carbocycles. The third-order valence-corrected chi connectivity index (χ3v) is 5.21. The second-order valence-corrected chi connectivity index (χ2v) is 7.26. The Morgan fingerprint density at radius 2 is 1.86 bits per heavy atom. The minimum absolute atomic E-state index is 0.0534. The number of nitrogens with zero attached hydrogens (tertiary/aromatic N) is 2. The van der Waals surface area contributed by atoms with Gasteiger partial charge < -0.3 is 10.2 Å². The van der Waals surface area contributed by atoms with Gasteiger partial charge in [0.05, 0.1) is 0 Å². The molecule has 2 heterocycles. The van der Waals surface area contributed by atoms with E-state index in [0.717, 1.165) is 23.1 Å². The lowest BCUT2D eigenvalue weighted by Gasteiger charge is -2.29. The summed E-state index contributed by atoms with van der Waals surface area (Å²) in [5.74, 6) is -0.125. The molecular weight excluding hydrogens is 362 g/mol. The normalized spacial score (nSPS) is 12.9. The van der Waals surface area contributed by atoms with Crippen molar-refractivity contribution < 1.29 is 9.59 Å². The van der Waals surface area contributed by atoms with Crippen LogP contribution in [0.1, 0.15) is 34.1 Å². The van der Waals surface area contributed by atoms with Gasteiger partial charge in [-0.3, -0.25) is 14.6 Å². The molecule has 0 bridgehead atoms. The van der Waals surface area contributed by atoms with E-state index in [2.05, 4.69) is 22.4 Å². The van der Waals surface area contributed by atoms with Crippen molar-refractivity contribution in [2.24, 2.45) is 0 Å². The molecule has 0 atom stereocenters. The van der Waals surface area contributed by atoms with Gasteiger partial charge >= 0.3 is 0 Å². The fraction of sp³-hybridized carbons (Fsp3) is 0.208. The van der Waals surface area contributed by atoms with Crippen LogP contribution < -0.4 is 5.32 Å². The smallest absolute Gasteiger partial charge is 0.273 e. The Hall–Kier alpha value is -3.47. The van der Waals surface area contributed by atoms with Crippen molar-refractivity contribution >= 4 is 11.8 Å². The van der Waals surface area contributed by atoms with Gasteiger partial charge in [0.1, 0.15) is 5.69 Å². The number of hydrogen-bond acceptors (Lipinski definition) is 3. The molecular formula is C24H23N3O2. The SMILES string of the molecule is CC(=O)NCc1cccc(-c2cccnc2C(=O)N2CCc3ccccc3C2)c1. The van der Waals surface area contributed by atoms with Gasteiger partial charge in [0.15, 0.2) is 0 Å². The van der Waals surface area contributed by atoms with E-state index in [1.54, 1.807) is 6.20 Å². The highest BCUT2D eigenvalue weighted by atomic mass is 16.2. The quantitative estimate of drug-likeness (QED) is 0.747. The number of pyridine rings is 1. The van der Waals surface area contributed by atoms with Gasteiger partial charge in [0, 0.05) is 38.3 Å². The van der Waals surface area contributed by atoms with E-state index in [1.165, 1.54) is 18.1 Å². The molecule has 0 aliphatic carbocycles. The first-order valence-electron chi connectivity index (χ1n) is 9.76. The second-order valence-electron chi connectivity index (χ2n) is 7.26. The first kappa shape index (κ1) is 18.9. The molecule has 1 aromatic heterocycles. The van der Waals surface area contributed by atoms with Crippen LogP contribution in [-0.4, -0.2) is 28.2 Å². The van der Waals surface area contributed by atoms with E-state index in [4.69, 9.17) is 0 Å². The number of carbonyl (C=O) groups is 2. The molecule has 3 aromatic rings. The van der Waals surface area contributed by atoms with E-state index in [1.807, 2.05) is 53.4 Å². The topological polar surface area (TPSA) is 62.3 Å². The average molecular weight is 385 g/mol. The van der Waals surface area contributed by atoms with Gasteiger partial charge in [0.2, 0.25) is 5.91 Å². The maximum Gasteiger partial charge on any atom is 0.273 e. The zero-order valence-corrected chi connectivity index (χ0v) is 16.4. The molecule has 0 unspecified atom stereocenters. The fourth-order valence-electron chi connectivity index (χ4n) is 3.70. The van der Waals surface area contributed by atoms with Gasteiger partial charge in [-0.05, 0) is 40.8 Å². The van der Waals surface area contributed by atoms with Crippen molar-refractivity contribution in [3.63, 3.8) is 0 Å². The molecule has 5 nitrogen and oxygen atoms in total. The van der Waals surface area contributed by atoms with E-state index in [0.29, 0.717) is 25.3 Å².